The molecule has 23 heavy (non-hydrogen) atoms. The fraction of sp³-hybridized carbons (Fsp3) is 0.304. The Balaban J connectivity index is 1.67. The molecule has 1 saturated carbocycles. The van der Waals surface area contributed by atoms with Gasteiger partial charge >= 0.3 is 0 Å². The van der Waals surface area contributed by atoms with E-state index in [-0.39, 0.29) is 0 Å². The van der Waals surface area contributed by atoms with Crippen LogP contribution in [0.4, 0.5) is 0 Å². The van der Waals surface area contributed by atoms with Crippen molar-refractivity contribution >= 4 is 10.8 Å². The second-order valence-corrected chi connectivity index (χ2v) is 7.23. The van der Waals surface area contributed by atoms with Gasteiger partial charge in [0.05, 0.1) is 0 Å². The summed E-state index contributed by atoms with van der Waals surface area (Å²) < 4.78 is 0. The SMILES string of the molecule is c1ccc(C2Cc3cccc4cccc2c34)c(C2CCCC2)c1. The van der Waals surface area contributed by atoms with Crippen LogP contribution in [0.25, 0.3) is 10.8 Å². The van der Waals surface area contributed by atoms with Crippen molar-refractivity contribution in [3.05, 3.63) is 82.9 Å². The largest absolute Gasteiger partial charge is 0.0620 e. The van der Waals surface area contributed by atoms with Crippen LogP contribution in [0.5, 0.6) is 0 Å². The van der Waals surface area contributed by atoms with E-state index in [0.29, 0.717) is 5.92 Å². The second-order valence-electron chi connectivity index (χ2n) is 7.23. The van der Waals surface area contributed by atoms with Crippen LogP contribution in [0.15, 0.2) is 60.7 Å². The van der Waals surface area contributed by atoms with Gasteiger partial charge in [-0.05, 0) is 58.2 Å². The molecule has 114 valence electrons. The van der Waals surface area contributed by atoms with Gasteiger partial charge in [-0.3, -0.25) is 0 Å². The third-order valence-corrected chi connectivity index (χ3v) is 5.99. The van der Waals surface area contributed by atoms with Crippen molar-refractivity contribution in [3.8, 4) is 0 Å². The van der Waals surface area contributed by atoms with Crippen molar-refractivity contribution in [1.29, 1.82) is 0 Å². The van der Waals surface area contributed by atoms with E-state index in [9.17, 15) is 0 Å². The highest BCUT2D eigenvalue weighted by Gasteiger charge is 2.29. The predicted octanol–water partition coefficient (Wildman–Crippen LogP) is 6.19. The Labute approximate surface area is 138 Å². The first-order valence-corrected chi connectivity index (χ1v) is 9.01. The van der Waals surface area contributed by atoms with E-state index in [4.69, 9.17) is 0 Å². The summed E-state index contributed by atoms with van der Waals surface area (Å²) >= 11 is 0. The van der Waals surface area contributed by atoms with Gasteiger partial charge in [0.2, 0.25) is 0 Å². The maximum absolute atomic E-state index is 2.40. The van der Waals surface area contributed by atoms with Gasteiger partial charge in [-0.1, -0.05) is 73.5 Å². The maximum atomic E-state index is 2.40. The molecule has 0 aliphatic heterocycles. The van der Waals surface area contributed by atoms with Gasteiger partial charge in [-0.25, -0.2) is 0 Å². The zero-order valence-corrected chi connectivity index (χ0v) is 13.5. The second kappa shape index (κ2) is 5.23. The van der Waals surface area contributed by atoms with Crippen LogP contribution < -0.4 is 0 Å². The summed E-state index contributed by atoms with van der Waals surface area (Å²) in [6, 6.07) is 22.9. The molecule has 0 spiro atoms. The summed E-state index contributed by atoms with van der Waals surface area (Å²) in [4.78, 5) is 0. The van der Waals surface area contributed by atoms with E-state index in [2.05, 4.69) is 60.7 Å². The van der Waals surface area contributed by atoms with Gasteiger partial charge in [-0.2, -0.15) is 0 Å². The predicted molar refractivity (Wildman–Crippen MR) is 97.1 cm³/mol. The fourth-order valence-corrected chi connectivity index (χ4v) is 4.95. The summed E-state index contributed by atoms with van der Waals surface area (Å²) in [6.45, 7) is 0. The third-order valence-electron chi connectivity index (χ3n) is 5.99. The van der Waals surface area contributed by atoms with Gasteiger partial charge in [0, 0.05) is 5.92 Å². The molecule has 2 aliphatic carbocycles. The summed E-state index contributed by atoms with van der Waals surface area (Å²) in [7, 11) is 0. The molecule has 5 rings (SSSR count). The highest BCUT2D eigenvalue weighted by Crippen LogP contribution is 2.45. The van der Waals surface area contributed by atoms with Crippen molar-refractivity contribution in [2.45, 2.75) is 43.9 Å². The molecule has 3 aromatic rings. The van der Waals surface area contributed by atoms with Crippen molar-refractivity contribution in [3.63, 3.8) is 0 Å². The minimum absolute atomic E-state index is 0.549. The normalized spacial score (nSPS) is 20.4. The summed E-state index contributed by atoms with van der Waals surface area (Å²) in [6.07, 6.45) is 6.72. The van der Waals surface area contributed by atoms with E-state index in [0.717, 1.165) is 5.92 Å². The van der Waals surface area contributed by atoms with Crippen molar-refractivity contribution in [2.24, 2.45) is 0 Å². The Morgan fingerprint density at radius 3 is 2.17 bits per heavy atom. The molecule has 1 fully saturated rings. The molecule has 0 heterocycles. The third kappa shape index (κ3) is 2.05. The standard InChI is InChI=1S/C23H22/c1-2-8-16(7-1)19-12-3-4-13-20(19)22-15-18-11-5-9-17-10-6-14-21(22)23(17)18/h3-6,9-14,16,22H,1-2,7-8,15H2. The molecule has 2 aliphatic rings. The van der Waals surface area contributed by atoms with Crippen molar-refractivity contribution in [1.82, 2.24) is 0 Å². The van der Waals surface area contributed by atoms with Gasteiger partial charge in [0.25, 0.3) is 0 Å². The van der Waals surface area contributed by atoms with Gasteiger partial charge in [-0.15, -0.1) is 0 Å². The first-order valence-electron chi connectivity index (χ1n) is 9.01. The van der Waals surface area contributed by atoms with Crippen molar-refractivity contribution in [2.75, 3.05) is 0 Å². The highest BCUT2D eigenvalue weighted by atomic mass is 14.3. The first kappa shape index (κ1) is 13.4. The molecule has 1 atom stereocenters. The number of hydrogen-bond donors (Lipinski definition) is 0. The number of rotatable bonds is 2. The molecule has 0 saturated heterocycles. The number of hydrogen-bond acceptors (Lipinski definition) is 0. The van der Waals surface area contributed by atoms with Gasteiger partial charge < -0.3 is 0 Å². The van der Waals surface area contributed by atoms with Crippen LogP contribution in [-0.2, 0) is 6.42 Å². The van der Waals surface area contributed by atoms with Gasteiger partial charge in [0.15, 0.2) is 0 Å². The van der Waals surface area contributed by atoms with E-state index >= 15 is 0 Å². The zero-order valence-electron chi connectivity index (χ0n) is 13.5. The Kier molecular flexibility index (Phi) is 3.04. The van der Waals surface area contributed by atoms with Gasteiger partial charge in [0.1, 0.15) is 0 Å². The molecule has 1 unspecified atom stereocenters. The lowest BCUT2D eigenvalue weighted by molar-refractivity contribution is 0.698. The van der Waals surface area contributed by atoms with E-state index < -0.39 is 0 Å². The Bertz CT molecular complexity index is 863. The Morgan fingerprint density at radius 1 is 0.652 bits per heavy atom. The lowest BCUT2D eigenvalue weighted by atomic mass is 9.83. The average molecular weight is 298 g/mol. The smallest absolute Gasteiger partial charge is 0.0139 e. The molecule has 0 N–H and O–H groups in total. The lowest BCUT2D eigenvalue weighted by Crippen LogP contribution is -2.06. The number of benzene rings is 3. The topological polar surface area (TPSA) is 0 Å². The Morgan fingerprint density at radius 2 is 1.35 bits per heavy atom. The molecule has 0 nitrogen and oxygen atoms in total. The van der Waals surface area contributed by atoms with E-state index in [1.807, 2.05) is 0 Å². The van der Waals surface area contributed by atoms with Crippen LogP contribution in [0.2, 0.25) is 0 Å². The molecular formula is C23H22. The fourth-order valence-electron chi connectivity index (χ4n) is 4.95. The minimum atomic E-state index is 0.549. The minimum Gasteiger partial charge on any atom is -0.0620 e. The van der Waals surface area contributed by atoms with Crippen LogP contribution in [-0.4, -0.2) is 0 Å². The summed E-state index contributed by atoms with van der Waals surface area (Å²) in [5.74, 6) is 1.34. The quantitative estimate of drug-likeness (QED) is 0.529. The van der Waals surface area contributed by atoms with E-state index in [1.165, 1.54) is 48.4 Å². The zero-order chi connectivity index (χ0) is 15.2. The van der Waals surface area contributed by atoms with Crippen molar-refractivity contribution < 1.29 is 0 Å². The summed E-state index contributed by atoms with van der Waals surface area (Å²) in [5.41, 5.74) is 6.29. The molecule has 0 aromatic heterocycles. The maximum Gasteiger partial charge on any atom is 0.0139 e. The lowest BCUT2D eigenvalue weighted by Gasteiger charge is -2.21. The molecule has 0 radical (unpaired) electrons. The van der Waals surface area contributed by atoms with E-state index in [1.54, 1.807) is 16.7 Å². The molecular weight excluding hydrogens is 276 g/mol. The molecule has 0 bridgehead atoms. The van der Waals surface area contributed by atoms with Crippen LogP contribution >= 0.6 is 0 Å². The van der Waals surface area contributed by atoms with Crippen LogP contribution in [0, 0.1) is 0 Å². The van der Waals surface area contributed by atoms with Crippen LogP contribution in [0.3, 0.4) is 0 Å². The Hall–Kier alpha value is -2.08. The molecule has 3 aromatic carbocycles. The average Bonchev–Trinajstić information content (AvgIpc) is 3.25. The summed E-state index contributed by atoms with van der Waals surface area (Å²) in [5, 5.41) is 2.92. The highest BCUT2D eigenvalue weighted by molar-refractivity contribution is 5.92. The monoisotopic (exact) mass is 298 g/mol. The molecule has 0 heteroatoms. The van der Waals surface area contributed by atoms with Crippen LogP contribution in [0.1, 0.15) is 59.8 Å². The first-order chi connectivity index (χ1) is 11.4. The molecule has 0 amide bonds.